The molecule has 0 spiro atoms. The summed E-state index contributed by atoms with van der Waals surface area (Å²) >= 11 is 1.82. The van der Waals surface area contributed by atoms with E-state index in [-0.39, 0.29) is 0 Å². The maximum atomic E-state index is 5.79. The second-order valence-corrected chi connectivity index (χ2v) is 5.89. The highest BCUT2D eigenvalue weighted by Crippen LogP contribution is 2.48. The van der Waals surface area contributed by atoms with E-state index in [1.807, 2.05) is 17.4 Å². The molecule has 2 N–H and O–H groups in total. The van der Waals surface area contributed by atoms with Gasteiger partial charge >= 0.3 is 0 Å². The van der Waals surface area contributed by atoms with Gasteiger partial charge in [0.15, 0.2) is 0 Å². The van der Waals surface area contributed by atoms with Crippen LogP contribution < -0.4 is 5.73 Å². The zero-order valence-electron chi connectivity index (χ0n) is 9.28. The highest BCUT2D eigenvalue weighted by atomic mass is 32.1. The molecule has 0 saturated heterocycles. The van der Waals surface area contributed by atoms with Crippen molar-refractivity contribution >= 4 is 21.6 Å². The molecule has 0 amide bonds. The molecule has 0 aliphatic heterocycles. The van der Waals surface area contributed by atoms with Crippen LogP contribution in [-0.2, 0) is 6.42 Å². The summed E-state index contributed by atoms with van der Waals surface area (Å²) < 4.78 is 1.30. The normalized spacial score (nSPS) is 17.8. The number of fused-ring (bicyclic) bond motifs is 1. The van der Waals surface area contributed by atoms with Gasteiger partial charge in [-0.1, -0.05) is 12.1 Å². The number of aryl methyl sites for hydroxylation is 1. The number of para-hydroxylation sites is 1. The molecular weight excluding hydrogens is 216 g/mol. The van der Waals surface area contributed by atoms with Gasteiger partial charge in [-0.15, -0.1) is 11.3 Å². The van der Waals surface area contributed by atoms with E-state index >= 15 is 0 Å². The Bertz CT molecular complexity index is 466. The summed E-state index contributed by atoms with van der Waals surface area (Å²) in [6, 6.07) is 8.36. The molecule has 2 nitrogen and oxygen atoms in total. The van der Waals surface area contributed by atoms with Crippen molar-refractivity contribution in [2.45, 2.75) is 25.7 Å². The van der Waals surface area contributed by atoms with Gasteiger partial charge in [0.05, 0.1) is 15.2 Å². The van der Waals surface area contributed by atoms with Crippen LogP contribution in [0.15, 0.2) is 24.3 Å². The fourth-order valence-corrected chi connectivity index (χ4v) is 3.10. The summed E-state index contributed by atoms with van der Waals surface area (Å²) in [6.07, 6.45) is 4.93. The molecule has 1 aliphatic carbocycles. The predicted molar refractivity (Wildman–Crippen MR) is 68.7 cm³/mol. The zero-order valence-corrected chi connectivity index (χ0v) is 10.1. The van der Waals surface area contributed by atoms with E-state index < -0.39 is 0 Å². The first-order valence-corrected chi connectivity index (χ1v) is 6.68. The zero-order chi connectivity index (χ0) is 11.0. The minimum atomic E-state index is 0.470. The second kappa shape index (κ2) is 3.82. The third kappa shape index (κ3) is 1.85. The number of hydrogen-bond donors (Lipinski definition) is 1. The van der Waals surface area contributed by atoms with Gasteiger partial charge < -0.3 is 5.73 Å². The van der Waals surface area contributed by atoms with E-state index in [2.05, 4.69) is 23.2 Å². The average molecular weight is 232 g/mol. The summed E-state index contributed by atoms with van der Waals surface area (Å²) in [6.45, 7) is 0.845. The summed E-state index contributed by atoms with van der Waals surface area (Å²) in [5.74, 6) is 0. The van der Waals surface area contributed by atoms with Gasteiger partial charge in [0, 0.05) is 0 Å². The lowest BCUT2D eigenvalue weighted by Gasteiger charge is -2.09. The monoisotopic (exact) mass is 232 g/mol. The standard InChI is InChI=1S/C13H16N2S/c14-9-13(7-8-13)6-5-12-15-10-3-1-2-4-11(10)16-12/h1-4H,5-9,14H2. The van der Waals surface area contributed by atoms with E-state index in [1.54, 1.807) is 0 Å². The third-order valence-corrected chi connectivity index (χ3v) is 4.69. The quantitative estimate of drug-likeness (QED) is 0.880. The largest absolute Gasteiger partial charge is 0.330 e. The van der Waals surface area contributed by atoms with Crippen LogP contribution in [0.1, 0.15) is 24.3 Å². The predicted octanol–water partition coefficient (Wildman–Crippen LogP) is 2.97. The van der Waals surface area contributed by atoms with Crippen molar-refractivity contribution in [2.24, 2.45) is 11.1 Å². The molecule has 0 bridgehead atoms. The van der Waals surface area contributed by atoms with Crippen LogP contribution in [0.25, 0.3) is 10.2 Å². The number of nitrogens with zero attached hydrogens (tertiary/aromatic N) is 1. The minimum Gasteiger partial charge on any atom is -0.330 e. The fraction of sp³-hybridized carbons (Fsp3) is 0.462. The average Bonchev–Trinajstić information content (AvgIpc) is 2.98. The molecule has 2 aromatic rings. The van der Waals surface area contributed by atoms with Gasteiger partial charge in [0.25, 0.3) is 0 Å². The molecule has 0 radical (unpaired) electrons. The summed E-state index contributed by atoms with van der Waals surface area (Å²) in [5, 5.41) is 1.26. The highest BCUT2D eigenvalue weighted by molar-refractivity contribution is 7.18. The Morgan fingerprint density at radius 3 is 2.81 bits per heavy atom. The molecular formula is C13H16N2S. The molecule has 1 aromatic heterocycles. The topological polar surface area (TPSA) is 38.9 Å². The summed E-state index contributed by atoms with van der Waals surface area (Å²) in [5.41, 5.74) is 7.40. The first kappa shape index (κ1) is 10.2. The second-order valence-electron chi connectivity index (χ2n) is 4.78. The SMILES string of the molecule is NCC1(CCc2nc3ccccc3s2)CC1. The Kier molecular flexibility index (Phi) is 2.45. The van der Waals surface area contributed by atoms with Crippen molar-refractivity contribution in [3.05, 3.63) is 29.3 Å². The Balaban J connectivity index is 1.74. The van der Waals surface area contributed by atoms with Gasteiger partial charge in [-0.25, -0.2) is 4.98 Å². The molecule has 0 atom stereocenters. The summed E-state index contributed by atoms with van der Waals surface area (Å²) in [7, 11) is 0. The lowest BCUT2D eigenvalue weighted by molar-refractivity contribution is 0.478. The molecule has 3 rings (SSSR count). The fourth-order valence-electron chi connectivity index (χ4n) is 2.13. The number of hydrogen-bond acceptors (Lipinski definition) is 3. The van der Waals surface area contributed by atoms with Crippen LogP contribution in [0.2, 0.25) is 0 Å². The Labute approximate surface area is 99.5 Å². The van der Waals surface area contributed by atoms with E-state index in [0.29, 0.717) is 5.41 Å². The van der Waals surface area contributed by atoms with Gasteiger partial charge in [-0.2, -0.15) is 0 Å². The Hall–Kier alpha value is -0.930. The van der Waals surface area contributed by atoms with Crippen LogP contribution in [0.5, 0.6) is 0 Å². The van der Waals surface area contributed by atoms with E-state index in [9.17, 15) is 0 Å². The minimum absolute atomic E-state index is 0.470. The number of rotatable bonds is 4. The smallest absolute Gasteiger partial charge is 0.0938 e. The molecule has 0 unspecified atom stereocenters. The molecule has 84 valence electrons. The van der Waals surface area contributed by atoms with Gasteiger partial charge in [0.1, 0.15) is 0 Å². The number of thiazole rings is 1. The van der Waals surface area contributed by atoms with Crippen LogP contribution >= 0.6 is 11.3 Å². The van der Waals surface area contributed by atoms with E-state index in [4.69, 9.17) is 5.73 Å². The first-order valence-electron chi connectivity index (χ1n) is 5.86. The lowest BCUT2D eigenvalue weighted by atomic mass is 10.0. The van der Waals surface area contributed by atoms with Crippen molar-refractivity contribution < 1.29 is 0 Å². The van der Waals surface area contributed by atoms with Crippen molar-refractivity contribution in [3.63, 3.8) is 0 Å². The molecule has 1 aliphatic rings. The molecule has 1 fully saturated rings. The van der Waals surface area contributed by atoms with Crippen molar-refractivity contribution in [1.29, 1.82) is 0 Å². The lowest BCUT2D eigenvalue weighted by Crippen LogP contribution is -2.15. The van der Waals surface area contributed by atoms with Crippen LogP contribution in [0.4, 0.5) is 0 Å². The third-order valence-electron chi connectivity index (χ3n) is 3.60. The Morgan fingerprint density at radius 2 is 2.12 bits per heavy atom. The molecule has 1 aromatic carbocycles. The van der Waals surface area contributed by atoms with Crippen molar-refractivity contribution in [1.82, 2.24) is 4.98 Å². The molecule has 3 heteroatoms. The molecule has 16 heavy (non-hydrogen) atoms. The maximum absolute atomic E-state index is 5.79. The molecule has 1 saturated carbocycles. The van der Waals surface area contributed by atoms with Crippen molar-refractivity contribution in [3.8, 4) is 0 Å². The van der Waals surface area contributed by atoms with Gasteiger partial charge in [-0.05, 0) is 49.8 Å². The highest BCUT2D eigenvalue weighted by Gasteiger charge is 2.40. The number of benzene rings is 1. The van der Waals surface area contributed by atoms with Gasteiger partial charge in [-0.3, -0.25) is 0 Å². The molecule has 1 heterocycles. The maximum Gasteiger partial charge on any atom is 0.0938 e. The Morgan fingerprint density at radius 1 is 1.31 bits per heavy atom. The number of nitrogens with two attached hydrogens (primary N) is 1. The van der Waals surface area contributed by atoms with Crippen molar-refractivity contribution in [2.75, 3.05) is 6.54 Å². The first-order chi connectivity index (χ1) is 7.81. The van der Waals surface area contributed by atoms with Crippen LogP contribution in [-0.4, -0.2) is 11.5 Å². The van der Waals surface area contributed by atoms with E-state index in [1.165, 1.54) is 29.0 Å². The van der Waals surface area contributed by atoms with Crippen LogP contribution in [0.3, 0.4) is 0 Å². The van der Waals surface area contributed by atoms with Crippen LogP contribution in [0, 0.1) is 5.41 Å². The number of aromatic nitrogens is 1. The summed E-state index contributed by atoms with van der Waals surface area (Å²) in [4.78, 5) is 4.66. The van der Waals surface area contributed by atoms with Gasteiger partial charge in [0.2, 0.25) is 0 Å². The van der Waals surface area contributed by atoms with E-state index in [0.717, 1.165) is 18.5 Å².